The van der Waals surface area contributed by atoms with Gasteiger partial charge in [0, 0.05) is 42.0 Å². The zero-order chi connectivity index (χ0) is 26.2. The summed E-state index contributed by atoms with van der Waals surface area (Å²) in [4.78, 5) is 2.90. The Bertz CT molecular complexity index is 1290. The molecule has 39 heavy (non-hydrogen) atoms. The SMILES string of the molecule is COc1ccc2c3c1O[C@@H]1C34CCN(CC3CC3)[C@H](C2)C42CC[C@@]1(OC)[C@@H](COC/C=C/c1ccccc1)C2. The first-order chi connectivity index (χ1) is 19.1. The van der Waals surface area contributed by atoms with E-state index >= 15 is 0 Å². The molecule has 2 spiro atoms. The van der Waals surface area contributed by atoms with Crippen LogP contribution < -0.4 is 9.47 Å². The molecule has 0 amide bonds. The van der Waals surface area contributed by atoms with Crippen molar-refractivity contribution in [2.45, 2.75) is 68.1 Å². The number of rotatable bonds is 9. The van der Waals surface area contributed by atoms with Crippen LogP contribution in [0.15, 0.2) is 48.5 Å². The molecule has 5 heteroatoms. The Hall–Kier alpha value is -2.34. The number of piperidine rings is 1. The molecule has 2 aromatic carbocycles. The summed E-state index contributed by atoms with van der Waals surface area (Å²) in [6, 6.07) is 15.5. The molecule has 5 fully saturated rings. The predicted molar refractivity (Wildman–Crippen MR) is 151 cm³/mol. The number of hydrogen-bond acceptors (Lipinski definition) is 5. The summed E-state index contributed by atoms with van der Waals surface area (Å²) < 4.78 is 26.1. The molecule has 2 aliphatic heterocycles. The van der Waals surface area contributed by atoms with Crippen LogP contribution in [-0.4, -0.2) is 63.2 Å². The van der Waals surface area contributed by atoms with Gasteiger partial charge in [0.05, 0.1) is 20.3 Å². The van der Waals surface area contributed by atoms with Crippen molar-refractivity contribution in [2.75, 3.05) is 40.5 Å². The quantitative estimate of drug-likeness (QED) is 0.394. The van der Waals surface area contributed by atoms with Crippen LogP contribution in [0.2, 0.25) is 0 Å². The average Bonchev–Trinajstić information content (AvgIpc) is 3.71. The third-order valence-electron chi connectivity index (χ3n) is 11.7. The Kier molecular flexibility index (Phi) is 5.54. The smallest absolute Gasteiger partial charge is 0.165 e. The van der Waals surface area contributed by atoms with Gasteiger partial charge in [0.2, 0.25) is 0 Å². The lowest BCUT2D eigenvalue weighted by molar-refractivity contribution is -0.283. The molecule has 9 rings (SSSR count). The molecule has 1 saturated heterocycles. The highest BCUT2D eigenvalue weighted by Gasteiger charge is 2.80. The van der Waals surface area contributed by atoms with E-state index in [9.17, 15) is 0 Å². The van der Waals surface area contributed by atoms with E-state index in [0.29, 0.717) is 25.2 Å². The second-order valence-electron chi connectivity index (χ2n) is 13.1. The minimum absolute atomic E-state index is 0.00709. The Labute approximate surface area is 232 Å². The van der Waals surface area contributed by atoms with Crippen LogP contribution in [0, 0.1) is 17.3 Å². The number of ether oxygens (including phenoxy) is 4. The van der Waals surface area contributed by atoms with Crippen molar-refractivity contribution in [3.63, 3.8) is 0 Å². The maximum absolute atomic E-state index is 7.13. The molecule has 5 aliphatic carbocycles. The standard InChI is InChI=1S/C34H41NO4/c1-36-27-13-12-25-19-28-32-14-15-34(37-2,26(20-32)22-38-18-6-9-23-7-4-3-5-8-23)31-33(32,29(25)30(27)39-31)16-17-35(28)21-24-10-11-24/h3-9,12-13,24,26,28,31H,10-11,14-22H2,1-2H3/b9-6+/t26-,28-,31-,32?,33?,34-/m1/s1. The normalized spacial score (nSPS) is 37.6. The fourth-order valence-corrected chi connectivity index (χ4v) is 9.92. The number of hydrogen-bond donors (Lipinski definition) is 0. The second kappa shape index (κ2) is 8.83. The summed E-state index contributed by atoms with van der Waals surface area (Å²) in [6.07, 6.45) is 12.8. The van der Waals surface area contributed by atoms with Crippen LogP contribution in [0.25, 0.3) is 6.08 Å². The van der Waals surface area contributed by atoms with Gasteiger partial charge in [-0.05, 0) is 74.6 Å². The molecule has 0 radical (unpaired) electrons. The fourth-order valence-electron chi connectivity index (χ4n) is 9.92. The lowest BCUT2D eigenvalue weighted by atomic mass is 9.35. The topological polar surface area (TPSA) is 40.2 Å². The zero-order valence-electron chi connectivity index (χ0n) is 23.4. The van der Waals surface area contributed by atoms with E-state index in [1.54, 1.807) is 7.11 Å². The van der Waals surface area contributed by atoms with Gasteiger partial charge in [-0.15, -0.1) is 0 Å². The maximum atomic E-state index is 7.13. The highest BCUT2D eigenvalue weighted by molar-refractivity contribution is 5.63. The van der Waals surface area contributed by atoms with Crippen molar-refractivity contribution in [3.8, 4) is 11.5 Å². The molecule has 7 aliphatic rings. The molecule has 206 valence electrons. The largest absolute Gasteiger partial charge is 0.493 e. The minimum atomic E-state index is -0.341. The summed E-state index contributed by atoms with van der Waals surface area (Å²) in [7, 11) is 3.70. The highest BCUT2D eigenvalue weighted by Crippen LogP contribution is 2.76. The van der Waals surface area contributed by atoms with Crippen LogP contribution in [-0.2, 0) is 21.3 Å². The summed E-state index contributed by atoms with van der Waals surface area (Å²) in [5, 5.41) is 0. The molecule has 6 atom stereocenters. The summed E-state index contributed by atoms with van der Waals surface area (Å²) in [6.45, 7) is 3.77. The number of methoxy groups -OCH3 is 2. The zero-order valence-corrected chi connectivity index (χ0v) is 23.4. The van der Waals surface area contributed by atoms with Crippen molar-refractivity contribution in [1.82, 2.24) is 4.90 Å². The van der Waals surface area contributed by atoms with Crippen molar-refractivity contribution in [3.05, 3.63) is 65.2 Å². The van der Waals surface area contributed by atoms with Gasteiger partial charge < -0.3 is 18.9 Å². The summed E-state index contributed by atoms with van der Waals surface area (Å²) in [5.74, 6) is 3.11. The molecule has 0 N–H and O–H groups in total. The summed E-state index contributed by atoms with van der Waals surface area (Å²) >= 11 is 0. The number of benzene rings is 2. The van der Waals surface area contributed by atoms with E-state index in [1.807, 2.05) is 7.11 Å². The lowest BCUT2D eigenvalue weighted by Crippen LogP contribution is -2.81. The first-order valence-corrected chi connectivity index (χ1v) is 15.1. The van der Waals surface area contributed by atoms with E-state index in [-0.39, 0.29) is 22.5 Å². The van der Waals surface area contributed by atoms with E-state index in [1.165, 1.54) is 49.0 Å². The van der Waals surface area contributed by atoms with Crippen molar-refractivity contribution < 1.29 is 18.9 Å². The molecule has 2 aromatic rings. The molecule has 5 nitrogen and oxygen atoms in total. The third-order valence-corrected chi connectivity index (χ3v) is 11.7. The fraction of sp³-hybridized carbons (Fsp3) is 0.588. The van der Waals surface area contributed by atoms with Crippen molar-refractivity contribution >= 4 is 6.08 Å². The van der Waals surface area contributed by atoms with Crippen molar-refractivity contribution in [2.24, 2.45) is 17.3 Å². The van der Waals surface area contributed by atoms with Gasteiger partial charge in [-0.1, -0.05) is 48.6 Å². The van der Waals surface area contributed by atoms with Gasteiger partial charge in [-0.2, -0.15) is 0 Å². The number of fused-ring (bicyclic) bond motifs is 2. The number of nitrogens with zero attached hydrogens (tertiary/aromatic N) is 1. The monoisotopic (exact) mass is 527 g/mol. The minimum Gasteiger partial charge on any atom is -0.493 e. The van der Waals surface area contributed by atoms with Gasteiger partial charge in [-0.25, -0.2) is 0 Å². The van der Waals surface area contributed by atoms with Crippen LogP contribution >= 0.6 is 0 Å². The van der Waals surface area contributed by atoms with Gasteiger partial charge in [-0.3, -0.25) is 4.90 Å². The molecule has 0 aromatic heterocycles. The molecular weight excluding hydrogens is 486 g/mol. The molecule has 4 saturated carbocycles. The molecule has 2 unspecified atom stereocenters. The summed E-state index contributed by atoms with van der Waals surface area (Å²) in [5.41, 5.74) is 4.03. The molecule has 4 bridgehead atoms. The van der Waals surface area contributed by atoms with E-state index in [0.717, 1.165) is 43.1 Å². The van der Waals surface area contributed by atoms with Crippen LogP contribution in [0.1, 0.15) is 55.2 Å². The van der Waals surface area contributed by atoms with Gasteiger partial charge in [0.1, 0.15) is 11.7 Å². The first kappa shape index (κ1) is 24.5. The maximum Gasteiger partial charge on any atom is 0.165 e. The first-order valence-electron chi connectivity index (χ1n) is 15.1. The van der Waals surface area contributed by atoms with Crippen LogP contribution in [0.5, 0.6) is 11.5 Å². The Morgan fingerprint density at radius 2 is 1.92 bits per heavy atom. The van der Waals surface area contributed by atoms with Crippen LogP contribution in [0.3, 0.4) is 0 Å². The molecule has 2 heterocycles. The van der Waals surface area contributed by atoms with Gasteiger partial charge in [0.25, 0.3) is 0 Å². The Morgan fingerprint density at radius 1 is 1.05 bits per heavy atom. The van der Waals surface area contributed by atoms with E-state index in [4.69, 9.17) is 18.9 Å². The number of likely N-dealkylation sites (tertiary alicyclic amines) is 1. The second-order valence-corrected chi connectivity index (χ2v) is 13.1. The van der Waals surface area contributed by atoms with E-state index in [2.05, 4.69) is 59.5 Å². The van der Waals surface area contributed by atoms with Gasteiger partial charge in [0.15, 0.2) is 11.5 Å². The predicted octanol–water partition coefficient (Wildman–Crippen LogP) is 5.65. The Morgan fingerprint density at radius 3 is 2.72 bits per heavy atom. The van der Waals surface area contributed by atoms with E-state index < -0.39 is 0 Å². The van der Waals surface area contributed by atoms with Crippen molar-refractivity contribution in [1.29, 1.82) is 0 Å². The lowest BCUT2D eigenvalue weighted by Gasteiger charge is -2.74. The van der Waals surface area contributed by atoms with Crippen LogP contribution in [0.4, 0.5) is 0 Å². The third kappa shape index (κ3) is 3.24. The Balaban J connectivity index is 1.16. The highest BCUT2D eigenvalue weighted by atomic mass is 16.6. The van der Waals surface area contributed by atoms with Gasteiger partial charge >= 0.3 is 0 Å². The average molecular weight is 528 g/mol. The molecular formula is C34H41NO4.